The third kappa shape index (κ3) is 2.46. The molecule has 0 aliphatic carbocycles. The van der Waals surface area contributed by atoms with E-state index >= 15 is 0 Å². The molecule has 1 aliphatic heterocycles. The molecule has 2 amide bonds. The van der Waals surface area contributed by atoms with E-state index in [-0.39, 0.29) is 0 Å². The molecule has 4 atom stereocenters. The number of amides is 2. The number of nitrogens with one attached hydrogen (secondary N) is 1. The number of thiophene rings is 1. The smallest absolute Gasteiger partial charge is 0.235 e. The lowest BCUT2D eigenvalue weighted by molar-refractivity contribution is -0.153. The maximum absolute atomic E-state index is 12.5. The summed E-state index contributed by atoms with van der Waals surface area (Å²) in [7, 11) is 0. The van der Waals surface area contributed by atoms with Gasteiger partial charge < -0.3 is 16.2 Å². The van der Waals surface area contributed by atoms with Gasteiger partial charge in [0.05, 0.1) is 6.07 Å². The van der Waals surface area contributed by atoms with E-state index in [1.165, 1.54) is 11.3 Å². The van der Waals surface area contributed by atoms with Crippen molar-refractivity contribution in [1.82, 2.24) is 5.32 Å². The molecule has 1 saturated heterocycles. The molecule has 1 aliphatic rings. The Morgan fingerprint density at radius 3 is 2.58 bits per heavy atom. The van der Waals surface area contributed by atoms with Crippen molar-refractivity contribution in [3.8, 4) is 6.07 Å². The van der Waals surface area contributed by atoms with Crippen molar-refractivity contribution in [3.05, 3.63) is 58.3 Å². The van der Waals surface area contributed by atoms with Gasteiger partial charge in [0.25, 0.3) is 0 Å². The zero-order chi connectivity index (χ0) is 17.3. The van der Waals surface area contributed by atoms with Gasteiger partial charge in [-0.1, -0.05) is 30.3 Å². The molecule has 1 aromatic carbocycles. The first kappa shape index (κ1) is 16.2. The van der Waals surface area contributed by atoms with Crippen LogP contribution in [0.2, 0.25) is 0 Å². The molecule has 0 bridgehead atoms. The van der Waals surface area contributed by atoms with Crippen LogP contribution in [0.15, 0.2) is 47.2 Å². The summed E-state index contributed by atoms with van der Waals surface area (Å²) in [6.45, 7) is 0. The number of primary amides is 1. The van der Waals surface area contributed by atoms with E-state index in [2.05, 4.69) is 11.4 Å². The lowest BCUT2D eigenvalue weighted by Crippen LogP contribution is -2.62. The van der Waals surface area contributed by atoms with Gasteiger partial charge in [0, 0.05) is 11.5 Å². The van der Waals surface area contributed by atoms with Crippen LogP contribution in [0, 0.1) is 23.2 Å². The first-order valence-corrected chi connectivity index (χ1v) is 8.24. The fourth-order valence-corrected chi connectivity index (χ4v) is 3.94. The largest absolute Gasteiger partial charge is 0.369 e. The van der Waals surface area contributed by atoms with E-state index in [9.17, 15) is 20.0 Å². The Labute approximate surface area is 142 Å². The van der Waals surface area contributed by atoms with E-state index in [4.69, 9.17) is 5.73 Å². The summed E-state index contributed by atoms with van der Waals surface area (Å²) in [5.74, 6) is -4.61. The molecule has 24 heavy (non-hydrogen) atoms. The van der Waals surface area contributed by atoms with Crippen LogP contribution in [0.3, 0.4) is 0 Å². The number of nitrogens with two attached hydrogens (primary N) is 1. The monoisotopic (exact) mass is 341 g/mol. The Morgan fingerprint density at radius 2 is 2.04 bits per heavy atom. The minimum atomic E-state index is -1.90. The molecule has 0 unspecified atom stereocenters. The molecule has 1 fully saturated rings. The SMILES string of the molecule is N#C[C@@H]1[C@H](c2ccsc2)[C@@H](C(N)=O)C(=O)N[C@@]1(O)c1ccccc1. The summed E-state index contributed by atoms with van der Waals surface area (Å²) in [6, 6.07) is 12.2. The third-order valence-corrected chi connectivity index (χ3v) is 5.05. The van der Waals surface area contributed by atoms with Crippen molar-refractivity contribution >= 4 is 23.2 Å². The fourth-order valence-electron chi connectivity index (χ4n) is 3.23. The van der Waals surface area contributed by atoms with Crippen molar-refractivity contribution in [1.29, 1.82) is 5.26 Å². The van der Waals surface area contributed by atoms with Gasteiger partial charge in [-0.15, -0.1) is 0 Å². The molecular formula is C17H15N3O3S. The van der Waals surface area contributed by atoms with Gasteiger partial charge in [0.1, 0.15) is 11.8 Å². The Morgan fingerprint density at radius 1 is 1.33 bits per heavy atom. The second-order valence-corrected chi connectivity index (χ2v) is 6.47. The van der Waals surface area contributed by atoms with Gasteiger partial charge in [0.2, 0.25) is 11.8 Å². The summed E-state index contributed by atoms with van der Waals surface area (Å²) >= 11 is 1.38. The minimum Gasteiger partial charge on any atom is -0.369 e. The lowest BCUT2D eigenvalue weighted by Gasteiger charge is -2.44. The number of nitrogens with zero attached hydrogens (tertiary/aromatic N) is 1. The topological polar surface area (TPSA) is 116 Å². The van der Waals surface area contributed by atoms with Crippen LogP contribution in [0.25, 0.3) is 0 Å². The summed E-state index contributed by atoms with van der Waals surface area (Å²) in [5, 5.41) is 26.8. The normalized spacial score (nSPS) is 29.5. The first-order chi connectivity index (χ1) is 11.5. The molecule has 2 aromatic rings. The Balaban J connectivity index is 2.17. The molecule has 3 rings (SSSR count). The summed E-state index contributed by atoms with van der Waals surface area (Å²) in [6.07, 6.45) is 0. The molecule has 122 valence electrons. The maximum atomic E-state index is 12.5. The standard InChI is InChI=1S/C17H15N3O3S/c18-8-12-13(10-6-7-24-9-10)14(15(19)21)16(22)20-17(12,23)11-4-2-1-3-5-11/h1-7,9,12-14,23H,(H2,19,21)(H,20,22)/t12-,13+,14+,17-/m1/s1. The van der Waals surface area contributed by atoms with Crippen LogP contribution in [0.1, 0.15) is 17.0 Å². The number of aliphatic hydroxyl groups is 1. The van der Waals surface area contributed by atoms with Gasteiger partial charge in [-0.25, -0.2) is 0 Å². The highest BCUT2D eigenvalue weighted by Crippen LogP contribution is 2.45. The highest BCUT2D eigenvalue weighted by molar-refractivity contribution is 7.08. The third-order valence-electron chi connectivity index (χ3n) is 4.35. The van der Waals surface area contributed by atoms with Crippen LogP contribution in [0.4, 0.5) is 0 Å². The molecule has 4 N–H and O–H groups in total. The van der Waals surface area contributed by atoms with E-state index in [0.717, 1.165) is 0 Å². The van der Waals surface area contributed by atoms with Gasteiger partial charge in [0.15, 0.2) is 5.72 Å². The molecule has 0 saturated carbocycles. The first-order valence-electron chi connectivity index (χ1n) is 7.30. The van der Waals surface area contributed by atoms with E-state index < -0.39 is 35.3 Å². The molecule has 2 heterocycles. The molecule has 1 aromatic heterocycles. The number of rotatable bonds is 3. The van der Waals surface area contributed by atoms with Crippen LogP contribution in [-0.2, 0) is 15.3 Å². The van der Waals surface area contributed by atoms with Crippen molar-refractivity contribution in [2.45, 2.75) is 11.6 Å². The second kappa shape index (κ2) is 6.07. The second-order valence-electron chi connectivity index (χ2n) is 5.69. The Bertz CT molecular complexity index is 800. The minimum absolute atomic E-state index is 0.382. The number of hydrogen-bond donors (Lipinski definition) is 3. The predicted molar refractivity (Wildman–Crippen MR) is 87.3 cm³/mol. The highest BCUT2D eigenvalue weighted by Gasteiger charge is 2.55. The van der Waals surface area contributed by atoms with Crippen molar-refractivity contribution in [2.24, 2.45) is 17.6 Å². The number of nitriles is 1. The van der Waals surface area contributed by atoms with Crippen LogP contribution in [-0.4, -0.2) is 16.9 Å². The summed E-state index contributed by atoms with van der Waals surface area (Å²) in [5.41, 5.74) is 4.53. The molecule has 0 spiro atoms. The number of carbonyl (C=O) groups excluding carboxylic acids is 2. The molecule has 6 nitrogen and oxygen atoms in total. The Hall–Kier alpha value is -2.69. The number of piperidine rings is 1. The zero-order valence-electron chi connectivity index (χ0n) is 12.5. The maximum Gasteiger partial charge on any atom is 0.235 e. The summed E-state index contributed by atoms with van der Waals surface area (Å²) < 4.78 is 0. The number of benzene rings is 1. The van der Waals surface area contributed by atoms with E-state index in [1.54, 1.807) is 47.2 Å². The summed E-state index contributed by atoms with van der Waals surface area (Å²) in [4.78, 5) is 24.4. The lowest BCUT2D eigenvalue weighted by atomic mass is 9.68. The zero-order valence-corrected chi connectivity index (χ0v) is 13.4. The van der Waals surface area contributed by atoms with Gasteiger partial charge in [-0.05, 0) is 22.4 Å². The highest BCUT2D eigenvalue weighted by atomic mass is 32.1. The van der Waals surface area contributed by atoms with Crippen LogP contribution in [0.5, 0.6) is 0 Å². The van der Waals surface area contributed by atoms with Crippen molar-refractivity contribution in [3.63, 3.8) is 0 Å². The van der Waals surface area contributed by atoms with Crippen LogP contribution >= 0.6 is 11.3 Å². The Kier molecular flexibility index (Phi) is 4.09. The average molecular weight is 341 g/mol. The van der Waals surface area contributed by atoms with Crippen molar-refractivity contribution in [2.75, 3.05) is 0 Å². The van der Waals surface area contributed by atoms with Gasteiger partial charge >= 0.3 is 0 Å². The molecule has 0 radical (unpaired) electrons. The van der Waals surface area contributed by atoms with E-state index in [0.29, 0.717) is 11.1 Å². The van der Waals surface area contributed by atoms with Gasteiger partial charge in [-0.2, -0.15) is 16.6 Å². The number of carbonyl (C=O) groups is 2. The number of hydrogen-bond acceptors (Lipinski definition) is 5. The fraction of sp³-hybridized carbons (Fsp3) is 0.235. The molecule has 7 heteroatoms. The van der Waals surface area contributed by atoms with Gasteiger partial charge in [-0.3, -0.25) is 9.59 Å². The predicted octanol–water partition coefficient (Wildman–Crippen LogP) is 1.05. The molecular weight excluding hydrogens is 326 g/mol. The quantitative estimate of drug-likeness (QED) is 0.723. The van der Waals surface area contributed by atoms with Crippen molar-refractivity contribution < 1.29 is 14.7 Å². The average Bonchev–Trinajstić information content (AvgIpc) is 3.08. The van der Waals surface area contributed by atoms with E-state index in [1.807, 2.05) is 0 Å². The van der Waals surface area contributed by atoms with Crippen LogP contribution < -0.4 is 11.1 Å².